The van der Waals surface area contributed by atoms with E-state index in [1.807, 2.05) is 0 Å². The molecule has 1 aliphatic heterocycles. The van der Waals surface area contributed by atoms with Gasteiger partial charge in [-0.15, -0.1) is 10.2 Å². The first-order chi connectivity index (χ1) is 8.53. The van der Waals surface area contributed by atoms with Gasteiger partial charge in [-0.25, -0.2) is 13.1 Å². The van der Waals surface area contributed by atoms with Crippen molar-refractivity contribution in [1.29, 1.82) is 0 Å². The summed E-state index contributed by atoms with van der Waals surface area (Å²) in [6, 6.07) is 0.273. The Morgan fingerprint density at radius 3 is 2.94 bits per heavy atom. The van der Waals surface area contributed by atoms with Crippen molar-refractivity contribution >= 4 is 26.5 Å². The van der Waals surface area contributed by atoms with Crippen molar-refractivity contribution in [2.45, 2.75) is 30.1 Å². The molecule has 1 atom stereocenters. The predicted molar refractivity (Wildman–Crippen MR) is 69.8 cm³/mol. The Morgan fingerprint density at radius 2 is 2.33 bits per heavy atom. The summed E-state index contributed by atoms with van der Waals surface area (Å²) in [5.74, 6) is 0. The fourth-order valence-electron chi connectivity index (χ4n) is 2.14. The highest BCUT2D eigenvalue weighted by molar-refractivity contribution is 7.91. The molecule has 0 bridgehead atoms. The molecule has 1 aromatic rings. The zero-order valence-electron chi connectivity index (χ0n) is 10.2. The van der Waals surface area contributed by atoms with Gasteiger partial charge in [-0.1, -0.05) is 18.3 Å². The van der Waals surface area contributed by atoms with Crippen LogP contribution in [-0.2, 0) is 10.0 Å². The average Bonchev–Trinajstić information content (AvgIpc) is 2.94. The number of sulfonamides is 1. The summed E-state index contributed by atoms with van der Waals surface area (Å²) in [4.78, 5) is 2.27. The molecular formula is C9H17N5O2S2. The molecule has 1 fully saturated rings. The molecule has 0 aromatic carbocycles. The molecule has 2 rings (SSSR count). The largest absolute Gasteiger partial charge is 0.374 e. The minimum Gasteiger partial charge on any atom is -0.374 e. The van der Waals surface area contributed by atoms with Crippen LogP contribution in [0.25, 0.3) is 0 Å². The van der Waals surface area contributed by atoms with Crippen LogP contribution in [0.2, 0.25) is 0 Å². The Labute approximate surface area is 110 Å². The molecule has 0 saturated carbocycles. The molecule has 0 aliphatic carbocycles. The zero-order valence-corrected chi connectivity index (χ0v) is 11.8. The summed E-state index contributed by atoms with van der Waals surface area (Å²) >= 11 is 0.875. The zero-order chi connectivity index (χ0) is 13.2. The van der Waals surface area contributed by atoms with Crippen LogP contribution in [-0.4, -0.2) is 49.2 Å². The lowest BCUT2D eigenvalue weighted by Crippen LogP contribution is -2.39. The van der Waals surface area contributed by atoms with Crippen molar-refractivity contribution in [3.05, 3.63) is 0 Å². The summed E-state index contributed by atoms with van der Waals surface area (Å²) in [6.45, 7) is 4.47. The van der Waals surface area contributed by atoms with Gasteiger partial charge < -0.3 is 5.73 Å². The van der Waals surface area contributed by atoms with Gasteiger partial charge in [0.15, 0.2) is 0 Å². The Morgan fingerprint density at radius 1 is 1.56 bits per heavy atom. The fraction of sp³-hybridized carbons (Fsp3) is 0.778. The highest BCUT2D eigenvalue weighted by Gasteiger charge is 2.26. The van der Waals surface area contributed by atoms with E-state index in [9.17, 15) is 8.42 Å². The third kappa shape index (κ3) is 2.97. The number of nitrogens with zero attached hydrogens (tertiary/aromatic N) is 3. The Hall–Kier alpha value is -0.770. The molecule has 0 amide bonds. The van der Waals surface area contributed by atoms with E-state index in [1.165, 1.54) is 0 Å². The molecule has 1 saturated heterocycles. The Bertz CT molecular complexity index is 501. The van der Waals surface area contributed by atoms with Crippen LogP contribution in [0.15, 0.2) is 4.34 Å². The van der Waals surface area contributed by atoms with E-state index in [2.05, 4.69) is 26.7 Å². The second kappa shape index (κ2) is 5.47. The lowest BCUT2D eigenvalue weighted by Gasteiger charge is -2.22. The first kappa shape index (κ1) is 13.7. The molecule has 0 spiro atoms. The van der Waals surface area contributed by atoms with Crippen LogP contribution in [0.5, 0.6) is 0 Å². The molecule has 2 heterocycles. The number of nitrogens with one attached hydrogen (secondary N) is 1. The van der Waals surface area contributed by atoms with E-state index in [0.717, 1.165) is 37.3 Å². The number of rotatable bonds is 5. The lowest BCUT2D eigenvalue weighted by atomic mass is 10.2. The maximum atomic E-state index is 11.9. The standard InChI is InChI=1S/C9H17N5O2S2/c1-2-14-5-3-4-7(14)6-11-18(15,16)9-13-12-8(10)17-9/h7,11H,2-6H2,1H3,(H2,10,12). The second-order valence-corrected chi connectivity index (χ2v) is 7.13. The van der Waals surface area contributed by atoms with Crippen LogP contribution in [0, 0.1) is 0 Å². The molecule has 7 nitrogen and oxygen atoms in total. The average molecular weight is 291 g/mol. The van der Waals surface area contributed by atoms with Gasteiger partial charge in [0.05, 0.1) is 0 Å². The maximum Gasteiger partial charge on any atom is 0.269 e. The third-order valence-electron chi connectivity index (χ3n) is 3.07. The van der Waals surface area contributed by atoms with Crippen molar-refractivity contribution in [1.82, 2.24) is 19.8 Å². The van der Waals surface area contributed by atoms with Crippen molar-refractivity contribution in [2.24, 2.45) is 0 Å². The van der Waals surface area contributed by atoms with Gasteiger partial charge in [0.2, 0.25) is 9.47 Å². The van der Waals surface area contributed by atoms with Gasteiger partial charge in [-0.2, -0.15) is 0 Å². The number of hydrogen-bond acceptors (Lipinski definition) is 7. The molecule has 0 radical (unpaired) electrons. The molecule has 3 N–H and O–H groups in total. The van der Waals surface area contributed by atoms with Gasteiger partial charge in [0.1, 0.15) is 0 Å². The van der Waals surface area contributed by atoms with Crippen molar-refractivity contribution in [3.63, 3.8) is 0 Å². The molecular weight excluding hydrogens is 274 g/mol. The van der Waals surface area contributed by atoms with E-state index in [4.69, 9.17) is 5.73 Å². The number of anilines is 1. The van der Waals surface area contributed by atoms with E-state index >= 15 is 0 Å². The lowest BCUT2D eigenvalue weighted by molar-refractivity contribution is 0.268. The number of likely N-dealkylation sites (tertiary alicyclic amines) is 1. The van der Waals surface area contributed by atoms with Crippen LogP contribution < -0.4 is 10.5 Å². The Balaban J connectivity index is 1.97. The van der Waals surface area contributed by atoms with Gasteiger partial charge in [0, 0.05) is 12.6 Å². The summed E-state index contributed by atoms with van der Waals surface area (Å²) in [7, 11) is -3.57. The van der Waals surface area contributed by atoms with Crippen molar-refractivity contribution in [2.75, 3.05) is 25.4 Å². The normalized spacial score (nSPS) is 21.5. The molecule has 1 aliphatic rings. The van der Waals surface area contributed by atoms with Crippen LogP contribution in [0.1, 0.15) is 19.8 Å². The highest BCUT2D eigenvalue weighted by Crippen LogP contribution is 2.19. The topological polar surface area (TPSA) is 101 Å². The van der Waals surface area contributed by atoms with E-state index in [0.29, 0.717) is 6.54 Å². The number of nitrogens with two attached hydrogens (primary N) is 1. The minimum absolute atomic E-state index is 0.0685. The molecule has 9 heteroatoms. The summed E-state index contributed by atoms with van der Waals surface area (Å²) < 4.78 is 26.3. The number of nitrogen functional groups attached to an aromatic ring is 1. The van der Waals surface area contributed by atoms with Gasteiger partial charge >= 0.3 is 0 Å². The fourth-order valence-corrected chi connectivity index (χ4v) is 4.04. The third-order valence-corrected chi connectivity index (χ3v) is 5.61. The monoisotopic (exact) mass is 291 g/mol. The highest BCUT2D eigenvalue weighted by atomic mass is 32.2. The number of likely N-dealkylation sites (N-methyl/N-ethyl adjacent to an activating group) is 1. The van der Waals surface area contributed by atoms with Crippen molar-refractivity contribution in [3.8, 4) is 0 Å². The van der Waals surface area contributed by atoms with Crippen molar-refractivity contribution < 1.29 is 8.42 Å². The van der Waals surface area contributed by atoms with E-state index in [1.54, 1.807) is 0 Å². The van der Waals surface area contributed by atoms with E-state index < -0.39 is 10.0 Å². The molecule has 1 unspecified atom stereocenters. The first-order valence-electron chi connectivity index (χ1n) is 5.85. The van der Waals surface area contributed by atoms with Crippen LogP contribution in [0.4, 0.5) is 5.13 Å². The van der Waals surface area contributed by atoms with Gasteiger partial charge in [-0.05, 0) is 25.9 Å². The maximum absolute atomic E-state index is 11.9. The van der Waals surface area contributed by atoms with Gasteiger partial charge in [-0.3, -0.25) is 4.90 Å². The molecule has 1 aromatic heterocycles. The molecule has 102 valence electrons. The summed E-state index contributed by atoms with van der Waals surface area (Å²) in [5, 5.41) is 7.22. The molecule has 18 heavy (non-hydrogen) atoms. The van der Waals surface area contributed by atoms with Gasteiger partial charge in [0.25, 0.3) is 10.0 Å². The Kier molecular flexibility index (Phi) is 4.15. The number of hydrogen-bond donors (Lipinski definition) is 2. The second-order valence-electron chi connectivity index (χ2n) is 4.18. The smallest absolute Gasteiger partial charge is 0.269 e. The minimum atomic E-state index is -3.57. The van der Waals surface area contributed by atoms with Crippen LogP contribution >= 0.6 is 11.3 Å². The van der Waals surface area contributed by atoms with Crippen LogP contribution in [0.3, 0.4) is 0 Å². The summed E-state index contributed by atoms with van der Waals surface area (Å²) in [5.41, 5.74) is 5.38. The van der Waals surface area contributed by atoms with E-state index in [-0.39, 0.29) is 15.5 Å². The quantitative estimate of drug-likeness (QED) is 0.784. The predicted octanol–water partition coefficient (Wildman–Crippen LogP) is -0.117. The number of aromatic nitrogens is 2. The SMILES string of the molecule is CCN1CCCC1CNS(=O)(=O)c1nnc(N)s1. The summed E-state index contributed by atoms with van der Waals surface area (Å²) in [6.07, 6.45) is 2.14. The first-order valence-corrected chi connectivity index (χ1v) is 8.15.